The number of carbonyl (C=O) groups is 1. The molecule has 1 aromatic carbocycles. The van der Waals surface area contributed by atoms with Crippen molar-refractivity contribution < 1.29 is 14.3 Å². The summed E-state index contributed by atoms with van der Waals surface area (Å²) in [7, 11) is 1.64. The van der Waals surface area contributed by atoms with Crippen molar-refractivity contribution >= 4 is 17.5 Å². The minimum Gasteiger partial charge on any atom is -0.493 e. The van der Waals surface area contributed by atoms with Crippen LogP contribution in [0.1, 0.15) is 31.7 Å². The molecule has 3 rings (SSSR count). The molecule has 28 heavy (non-hydrogen) atoms. The summed E-state index contributed by atoms with van der Waals surface area (Å²) in [5.74, 6) is 1.59. The number of likely N-dealkylation sites (tertiary alicyclic amines) is 1. The normalized spacial score (nSPS) is 18.5. The van der Waals surface area contributed by atoms with Crippen LogP contribution in [0, 0.1) is 0 Å². The smallest absolute Gasteiger partial charge is 0.236 e. The summed E-state index contributed by atoms with van der Waals surface area (Å²) in [6, 6.07) is 3.98. The number of nitrogens with zero attached hydrogens (tertiary/aromatic N) is 3. The fraction of sp³-hybridized carbons (Fsp3) is 0.667. The summed E-state index contributed by atoms with van der Waals surface area (Å²) >= 11 is 6.44. The van der Waals surface area contributed by atoms with Crippen molar-refractivity contribution in [1.82, 2.24) is 14.7 Å². The fourth-order valence-corrected chi connectivity index (χ4v) is 4.12. The molecule has 7 heteroatoms. The lowest BCUT2D eigenvalue weighted by Crippen LogP contribution is -2.49. The van der Waals surface area contributed by atoms with E-state index in [1.807, 2.05) is 17.0 Å². The number of methoxy groups -OCH3 is 1. The zero-order valence-corrected chi connectivity index (χ0v) is 17.8. The Morgan fingerprint density at radius 1 is 1.07 bits per heavy atom. The SMILES string of the molecule is CCCOc1c(Cl)cc(CN2CCN(CC(=O)N3CCCC3)CC2)cc1OC. The number of ether oxygens (including phenoxy) is 2. The van der Waals surface area contributed by atoms with Crippen LogP contribution < -0.4 is 9.47 Å². The second kappa shape index (κ2) is 10.3. The molecule has 0 unspecified atom stereocenters. The van der Waals surface area contributed by atoms with E-state index < -0.39 is 0 Å². The van der Waals surface area contributed by atoms with E-state index in [4.69, 9.17) is 21.1 Å². The van der Waals surface area contributed by atoms with E-state index >= 15 is 0 Å². The van der Waals surface area contributed by atoms with E-state index in [-0.39, 0.29) is 5.91 Å². The highest BCUT2D eigenvalue weighted by Gasteiger charge is 2.24. The van der Waals surface area contributed by atoms with Crippen molar-refractivity contribution in [2.75, 3.05) is 59.5 Å². The van der Waals surface area contributed by atoms with Crippen LogP contribution in [-0.2, 0) is 11.3 Å². The summed E-state index contributed by atoms with van der Waals surface area (Å²) in [4.78, 5) is 19.0. The largest absolute Gasteiger partial charge is 0.493 e. The van der Waals surface area contributed by atoms with E-state index in [1.165, 1.54) is 0 Å². The lowest BCUT2D eigenvalue weighted by atomic mass is 10.1. The molecule has 0 bridgehead atoms. The quantitative estimate of drug-likeness (QED) is 0.660. The molecule has 156 valence electrons. The van der Waals surface area contributed by atoms with Crippen LogP contribution in [0.5, 0.6) is 11.5 Å². The first-order chi connectivity index (χ1) is 13.6. The monoisotopic (exact) mass is 409 g/mol. The molecule has 0 saturated carbocycles. The summed E-state index contributed by atoms with van der Waals surface area (Å²) in [5, 5.41) is 0.595. The van der Waals surface area contributed by atoms with Crippen molar-refractivity contribution in [2.24, 2.45) is 0 Å². The molecular weight excluding hydrogens is 378 g/mol. The van der Waals surface area contributed by atoms with Gasteiger partial charge in [0, 0.05) is 45.8 Å². The second-order valence-electron chi connectivity index (χ2n) is 7.60. The maximum Gasteiger partial charge on any atom is 0.236 e. The fourth-order valence-electron chi connectivity index (χ4n) is 3.83. The van der Waals surface area contributed by atoms with Crippen LogP contribution in [0.25, 0.3) is 0 Å². The standard InChI is InChI=1S/C21H32ClN3O3/c1-3-12-28-21-18(22)13-17(14-19(21)27-2)15-23-8-10-24(11-9-23)16-20(26)25-6-4-5-7-25/h13-14H,3-12,15-16H2,1-2H3. The van der Waals surface area contributed by atoms with Gasteiger partial charge in [0.2, 0.25) is 5.91 Å². The zero-order chi connectivity index (χ0) is 19.9. The lowest BCUT2D eigenvalue weighted by Gasteiger charge is -2.35. The van der Waals surface area contributed by atoms with Crippen molar-refractivity contribution in [3.63, 3.8) is 0 Å². The van der Waals surface area contributed by atoms with Crippen molar-refractivity contribution in [1.29, 1.82) is 0 Å². The number of hydrogen-bond acceptors (Lipinski definition) is 5. The number of hydrogen-bond donors (Lipinski definition) is 0. The maximum atomic E-state index is 12.3. The predicted molar refractivity (Wildman–Crippen MR) is 111 cm³/mol. The molecular formula is C21H32ClN3O3. The number of piperazine rings is 1. The van der Waals surface area contributed by atoms with Crippen LogP contribution in [0.3, 0.4) is 0 Å². The van der Waals surface area contributed by atoms with Gasteiger partial charge in [-0.05, 0) is 37.0 Å². The number of carbonyl (C=O) groups excluding carboxylic acids is 1. The number of benzene rings is 1. The molecule has 6 nitrogen and oxygen atoms in total. The van der Waals surface area contributed by atoms with Crippen molar-refractivity contribution in [2.45, 2.75) is 32.7 Å². The predicted octanol–water partition coefficient (Wildman–Crippen LogP) is 2.88. The molecule has 0 atom stereocenters. The molecule has 2 aliphatic rings. The minimum absolute atomic E-state index is 0.283. The van der Waals surface area contributed by atoms with E-state index in [0.29, 0.717) is 29.7 Å². The van der Waals surface area contributed by atoms with E-state index in [0.717, 1.165) is 70.6 Å². The van der Waals surface area contributed by atoms with Gasteiger partial charge in [0.15, 0.2) is 11.5 Å². The highest BCUT2D eigenvalue weighted by molar-refractivity contribution is 6.32. The van der Waals surface area contributed by atoms with E-state index in [2.05, 4.69) is 16.7 Å². The average molecular weight is 410 g/mol. The Morgan fingerprint density at radius 3 is 2.39 bits per heavy atom. The Hall–Kier alpha value is -1.50. The molecule has 2 saturated heterocycles. The minimum atomic E-state index is 0.283. The van der Waals surface area contributed by atoms with Gasteiger partial charge in [0.05, 0.1) is 25.3 Å². The van der Waals surface area contributed by atoms with Gasteiger partial charge in [-0.3, -0.25) is 14.6 Å². The van der Waals surface area contributed by atoms with Crippen LogP contribution in [0.4, 0.5) is 0 Å². The van der Waals surface area contributed by atoms with Crippen LogP contribution in [0.2, 0.25) is 5.02 Å². The Bertz CT molecular complexity index is 657. The molecule has 0 spiro atoms. The number of halogens is 1. The zero-order valence-electron chi connectivity index (χ0n) is 17.1. The molecule has 1 amide bonds. The molecule has 0 radical (unpaired) electrons. The molecule has 2 fully saturated rings. The third kappa shape index (κ3) is 5.52. The lowest BCUT2D eigenvalue weighted by molar-refractivity contribution is -0.131. The summed E-state index contributed by atoms with van der Waals surface area (Å²) < 4.78 is 11.2. The van der Waals surface area contributed by atoms with Crippen LogP contribution in [0.15, 0.2) is 12.1 Å². The first-order valence-electron chi connectivity index (χ1n) is 10.3. The van der Waals surface area contributed by atoms with Gasteiger partial charge in [-0.25, -0.2) is 0 Å². The molecule has 1 aromatic rings. The third-order valence-corrected chi connectivity index (χ3v) is 5.71. The number of rotatable bonds is 8. The second-order valence-corrected chi connectivity index (χ2v) is 8.00. The molecule has 2 aliphatic heterocycles. The van der Waals surface area contributed by atoms with E-state index in [1.54, 1.807) is 7.11 Å². The van der Waals surface area contributed by atoms with Gasteiger partial charge in [0.25, 0.3) is 0 Å². The summed E-state index contributed by atoms with van der Waals surface area (Å²) in [6.45, 7) is 9.64. The van der Waals surface area contributed by atoms with Gasteiger partial charge < -0.3 is 14.4 Å². The van der Waals surface area contributed by atoms with Gasteiger partial charge in [-0.2, -0.15) is 0 Å². The van der Waals surface area contributed by atoms with Crippen molar-refractivity contribution in [3.05, 3.63) is 22.7 Å². The van der Waals surface area contributed by atoms with Crippen LogP contribution >= 0.6 is 11.6 Å². The first kappa shape index (κ1) is 21.2. The van der Waals surface area contributed by atoms with E-state index in [9.17, 15) is 4.79 Å². The van der Waals surface area contributed by atoms with Crippen LogP contribution in [-0.4, -0.2) is 80.1 Å². The molecule has 2 heterocycles. The van der Waals surface area contributed by atoms with Crippen molar-refractivity contribution in [3.8, 4) is 11.5 Å². The summed E-state index contributed by atoms with van der Waals surface area (Å²) in [6.07, 6.45) is 3.22. The Labute approximate surface area is 173 Å². The van der Waals surface area contributed by atoms with Gasteiger partial charge in [-0.15, -0.1) is 0 Å². The third-order valence-electron chi connectivity index (χ3n) is 5.43. The Kier molecular flexibility index (Phi) is 7.82. The first-order valence-corrected chi connectivity index (χ1v) is 10.7. The number of amides is 1. The Morgan fingerprint density at radius 2 is 1.75 bits per heavy atom. The maximum absolute atomic E-state index is 12.3. The molecule has 0 aliphatic carbocycles. The topological polar surface area (TPSA) is 45.2 Å². The van der Waals surface area contributed by atoms with Gasteiger partial charge >= 0.3 is 0 Å². The van der Waals surface area contributed by atoms with Gasteiger partial charge in [0.1, 0.15) is 0 Å². The summed E-state index contributed by atoms with van der Waals surface area (Å²) in [5.41, 5.74) is 1.12. The molecule has 0 N–H and O–H groups in total. The van der Waals surface area contributed by atoms with Gasteiger partial charge in [-0.1, -0.05) is 18.5 Å². The Balaban J connectivity index is 1.51. The molecule has 0 aromatic heterocycles. The highest BCUT2D eigenvalue weighted by atomic mass is 35.5. The average Bonchev–Trinajstić information content (AvgIpc) is 3.23. The highest BCUT2D eigenvalue weighted by Crippen LogP contribution is 2.36.